The Kier molecular flexibility index (Phi) is 15.6. The number of aryl methyl sites for hydroxylation is 2. The van der Waals surface area contributed by atoms with Crippen LogP contribution in [0.25, 0.3) is 0 Å². The maximum Gasteiger partial charge on any atom is 0.407 e. The quantitative estimate of drug-likeness (QED) is 0.395. The van der Waals surface area contributed by atoms with Crippen LogP contribution in [0.1, 0.15) is 37.8 Å². The SMILES string of the molecule is CCCOC(=O)NCCCN(C)C.COCC(=O)N(c1c(C)cccc1C)C(C)C(=O)OC. The largest absolute Gasteiger partial charge is 0.467 e. The number of para-hydroxylation sites is 1. The van der Waals surface area contributed by atoms with Crippen molar-refractivity contribution in [3.8, 4) is 0 Å². The highest BCUT2D eigenvalue weighted by molar-refractivity contribution is 6.01. The number of nitrogens with zero attached hydrogens (tertiary/aromatic N) is 2. The van der Waals surface area contributed by atoms with Gasteiger partial charge in [0, 0.05) is 13.7 Å². The predicted molar refractivity (Wildman–Crippen MR) is 130 cm³/mol. The number of carbonyl (C=O) groups excluding carboxylic acids is 3. The van der Waals surface area contributed by atoms with E-state index in [1.165, 1.54) is 19.1 Å². The summed E-state index contributed by atoms with van der Waals surface area (Å²) < 4.78 is 14.5. The van der Waals surface area contributed by atoms with E-state index in [0.717, 1.165) is 36.2 Å². The lowest BCUT2D eigenvalue weighted by Gasteiger charge is -2.30. The molecular weight excluding hydrogens is 426 g/mol. The van der Waals surface area contributed by atoms with Gasteiger partial charge in [-0.3, -0.25) is 9.69 Å². The number of benzene rings is 1. The molecule has 0 fully saturated rings. The lowest BCUT2D eigenvalue weighted by molar-refractivity contribution is -0.143. The van der Waals surface area contributed by atoms with Crippen LogP contribution in [0.2, 0.25) is 0 Å². The molecule has 9 heteroatoms. The summed E-state index contributed by atoms with van der Waals surface area (Å²) in [6.07, 6.45) is 1.51. The second-order valence-corrected chi connectivity index (χ2v) is 7.86. The summed E-state index contributed by atoms with van der Waals surface area (Å²) in [7, 11) is 6.77. The average Bonchev–Trinajstić information content (AvgIpc) is 2.77. The molecule has 1 atom stereocenters. The third kappa shape index (κ3) is 11.7. The van der Waals surface area contributed by atoms with Crippen LogP contribution in [-0.2, 0) is 23.8 Å². The molecule has 1 unspecified atom stereocenters. The Morgan fingerprint density at radius 3 is 2.18 bits per heavy atom. The predicted octanol–water partition coefficient (Wildman–Crippen LogP) is 2.92. The number of hydrogen-bond acceptors (Lipinski definition) is 7. The van der Waals surface area contributed by atoms with Crippen LogP contribution in [0.4, 0.5) is 10.5 Å². The Bertz CT molecular complexity index is 719. The Hall–Kier alpha value is -2.65. The van der Waals surface area contributed by atoms with Gasteiger partial charge in [0.05, 0.1) is 19.4 Å². The van der Waals surface area contributed by atoms with Gasteiger partial charge in [0.25, 0.3) is 5.91 Å². The van der Waals surface area contributed by atoms with Crippen molar-refractivity contribution in [1.82, 2.24) is 10.2 Å². The Balaban J connectivity index is 0.000000684. The number of methoxy groups -OCH3 is 2. The minimum Gasteiger partial charge on any atom is -0.467 e. The first-order valence-corrected chi connectivity index (χ1v) is 11.1. The van der Waals surface area contributed by atoms with E-state index in [1.54, 1.807) is 6.92 Å². The van der Waals surface area contributed by atoms with E-state index in [4.69, 9.17) is 14.2 Å². The van der Waals surface area contributed by atoms with Crippen molar-refractivity contribution in [3.05, 3.63) is 29.3 Å². The summed E-state index contributed by atoms with van der Waals surface area (Å²) in [5.74, 6) is -0.736. The van der Waals surface area contributed by atoms with Crippen LogP contribution in [0.15, 0.2) is 18.2 Å². The van der Waals surface area contributed by atoms with Crippen molar-refractivity contribution in [2.75, 3.05) is 59.5 Å². The molecule has 188 valence electrons. The highest BCUT2D eigenvalue weighted by atomic mass is 16.5. The molecule has 0 radical (unpaired) electrons. The van der Waals surface area contributed by atoms with Gasteiger partial charge in [0.1, 0.15) is 12.6 Å². The van der Waals surface area contributed by atoms with Crippen molar-refractivity contribution >= 4 is 23.7 Å². The third-order valence-electron chi connectivity index (χ3n) is 4.64. The van der Waals surface area contributed by atoms with E-state index in [1.807, 2.05) is 53.1 Å². The average molecular weight is 468 g/mol. The van der Waals surface area contributed by atoms with Crippen LogP contribution in [0.3, 0.4) is 0 Å². The molecule has 9 nitrogen and oxygen atoms in total. The molecule has 1 aromatic carbocycles. The fourth-order valence-corrected chi connectivity index (χ4v) is 3.02. The number of esters is 1. The van der Waals surface area contributed by atoms with Gasteiger partial charge in [0.2, 0.25) is 0 Å². The minimum absolute atomic E-state index is 0.0882. The first-order chi connectivity index (χ1) is 15.6. The summed E-state index contributed by atoms with van der Waals surface area (Å²) in [4.78, 5) is 38.5. The molecule has 0 spiro atoms. The summed E-state index contributed by atoms with van der Waals surface area (Å²) in [5, 5.41) is 2.68. The van der Waals surface area contributed by atoms with Crippen LogP contribution >= 0.6 is 0 Å². The number of rotatable bonds is 11. The van der Waals surface area contributed by atoms with E-state index < -0.39 is 12.0 Å². The summed E-state index contributed by atoms with van der Waals surface area (Å²) in [6.45, 7) is 9.49. The van der Waals surface area contributed by atoms with Gasteiger partial charge in [-0.05, 0) is 65.4 Å². The van der Waals surface area contributed by atoms with Gasteiger partial charge in [-0.2, -0.15) is 0 Å². The molecule has 33 heavy (non-hydrogen) atoms. The van der Waals surface area contributed by atoms with E-state index in [2.05, 4.69) is 10.2 Å². The molecular formula is C24H41N3O6. The monoisotopic (exact) mass is 467 g/mol. The molecule has 0 aliphatic carbocycles. The Morgan fingerprint density at radius 1 is 1.09 bits per heavy atom. The molecule has 0 bridgehead atoms. The van der Waals surface area contributed by atoms with Crippen LogP contribution in [0.5, 0.6) is 0 Å². The van der Waals surface area contributed by atoms with Crippen LogP contribution < -0.4 is 10.2 Å². The first kappa shape index (κ1) is 30.4. The second-order valence-electron chi connectivity index (χ2n) is 7.86. The van der Waals surface area contributed by atoms with Gasteiger partial charge in [-0.25, -0.2) is 9.59 Å². The van der Waals surface area contributed by atoms with Gasteiger partial charge < -0.3 is 24.4 Å². The molecule has 0 aromatic heterocycles. The molecule has 2 amide bonds. The van der Waals surface area contributed by atoms with Crippen molar-refractivity contribution < 1.29 is 28.6 Å². The lowest BCUT2D eigenvalue weighted by atomic mass is 10.1. The van der Waals surface area contributed by atoms with Gasteiger partial charge in [0.15, 0.2) is 0 Å². The van der Waals surface area contributed by atoms with Crippen LogP contribution in [0, 0.1) is 13.8 Å². The zero-order chi connectivity index (χ0) is 25.4. The van der Waals surface area contributed by atoms with Gasteiger partial charge >= 0.3 is 12.1 Å². The fraction of sp³-hybridized carbons (Fsp3) is 0.625. The number of hydrogen-bond donors (Lipinski definition) is 1. The van der Waals surface area contributed by atoms with Crippen LogP contribution in [-0.4, -0.2) is 83.5 Å². The second kappa shape index (κ2) is 16.9. The molecule has 0 aliphatic heterocycles. The molecule has 0 aliphatic rings. The van der Waals surface area contributed by atoms with Gasteiger partial charge in [-0.1, -0.05) is 25.1 Å². The standard InChI is InChI=1S/C15H21NO4.C9H20N2O2/c1-10-7-6-8-11(2)14(10)16(13(17)9-19-4)12(3)15(18)20-5;1-4-8-13-9(12)10-6-5-7-11(2)3/h6-8,12H,9H2,1-5H3;4-8H2,1-3H3,(H,10,12). The highest BCUT2D eigenvalue weighted by Crippen LogP contribution is 2.27. The van der Waals surface area contributed by atoms with E-state index in [0.29, 0.717) is 13.2 Å². The highest BCUT2D eigenvalue weighted by Gasteiger charge is 2.29. The zero-order valence-electron chi connectivity index (χ0n) is 21.4. The molecule has 1 aromatic rings. The number of alkyl carbamates (subject to hydrolysis) is 1. The molecule has 0 heterocycles. The fourth-order valence-electron chi connectivity index (χ4n) is 3.02. The van der Waals surface area contributed by atoms with Crippen molar-refractivity contribution in [1.29, 1.82) is 0 Å². The summed E-state index contributed by atoms with van der Waals surface area (Å²) in [6, 6.07) is 5.01. The number of ether oxygens (including phenoxy) is 3. The number of amides is 2. The third-order valence-corrected chi connectivity index (χ3v) is 4.64. The molecule has 1 N–H and O–H groups in total. The van der Waals surface area contributed by atoms with E-state index in [-0.39, 0.29) is 18.6 Å². The maximum atomic E-state index is 12.3. The smallest absolute Gasteiger partial charge is 0.407 e. The Morgan fingerprint density at radius 2 is 1.70 bits per heavy atom. The topological polar surface area (TPSA) is 97.4 Å². The molecule has 0 saturated heterocycles. The van der Waals surface area contributed by atoms with E-state index in [9.17, 15) is 14.4 Å². The Labute approximate surface area is 198 Å². The van der Waals surface area contributed by atoms with Crippen molar-refractivity contribution in [2.24, 2.45) is 0 Å². The maximum absolute atomic E-state index is 12.3. The zero-order valence-corrected chi connectivity index (χ0v) is 21.4. The number of carbonyl (C=O) groups is 3. The normalized spacial score (nSPS) is 11.2. The minimum atomic E-state index is -0.706. The molecule has 1 rings (SSSR count). The number of nitrogens with one attached hydrogen (secondary N) is 1. The summed E-state index contributed by atoms with van der Waals surface area (Å²) in [5.41, 5.74) is 2.57. The molecule has 0 saturated carbocycles. The summed E-state index contributed by atoms with van der Waals surface area (Å²) >= 11 is 0. The number of anilines is 1. The van der Waals surface area contributed by atoms with Crippen molar-refractivity contribution in [3.63, 3.8) is 0 Å². The first-order valence-electron chi connectivity index (χ1n) is 11.1. The van der Waals surface area contributed by atoms with Gasteiger partial charge in [-0.15, -0.1) is 0 Å². The van der Waals surface area contributed by atoms with Crippen molar-refractivity contribution in [2.45, 2.75) is 46.6 Å². The lowest BCUT2D eigenvalue weighted by Crippen LogP contribution is -2.46. The van der Waals surface area contributed by atoms with E-state index >= 15 is 0 Å².